The van der Waals surface area contributed by atoms with Crippen LogP contribution in [0.15, 0.2) is 48.5 Å². The first kappa shape index (κ1) is 19.2. The van der Waals surface area contributed by atoms with E-state index >= 15 is 0 Å². The molecule has 2 aromatic carbocycles. The summed E-state index contributed by atoms with van der Waals surface area (Å²) in [6.45, 7) is 0.732. The molecule has 0 saturated carbocycles. The molecule has 0 amide bonds. The van der Waals surface area contributed by atoms with E-state index in [-0.39, 0.29) is 24.4 Å². The van der Waals surface area contributed by atoms with Crippen LogP contribution in [0.4, 0.5) is 0 Å². The summed E-state index contributed by atoms with van der Waals surface area (Å²) in [5.74, 6) is 1.20. The number of carbonyl (C=O) groups excluding carboxylic acids is 2. The number of hydrogen-bond donors (Lipinski definition) is 0. The van der Waals surface area contributed by atoms with Crippen molar-refractivity contribution in [3.05, 3.63) is 59.7 Å². The van der Waals surface area contributed by atoms with Gasteiger partial charge in [0.25, 0.3) is 10.5 Å². The van der Waals surface area contributed by atoms with E-state index in [0.29, 0.717) is 35.8 Å². The summed E-state index contributed by atoms with van der Waals surface area (Å²) in [7, 11) is 0. The van der Waals surface area contributed by atoms with E-state index in [1.807, 2.05) is 0 Å². The molecular formula is C20H16Cl2O6. The molecule has 8 heteroatoms. The minimum Gasteiger partial charge on any atom is -0.485 e. The van der Waals surface area contributed by atoms with E-state index in [2.05, 4.69) is 0 Å². The second-order valence-electron chi connectivity index (χ2n) is 6.50. The summed E-state index contributed by atoms with van der Waals surface area (Å²) in [6, 6.07) is 13.2. The topological polar surface area (TPSA) is 71.1 Å². The van der Waals surface area contributed by atoms with Crippen molar-refractivity contribution in [1.82, 2.24) is 0 Å². The van der Waals surface area contributed by atoms with Crippen LogP contribution < -0.4 is 9.47 Å². The van der Waals surface area contributed by atoms with E-state index in [0.717, 1.165) is 0 Å². The standard InChI is InChI=1S/C20H16Cl2O6/c21-19(23)11-1-5-13(6-2-11)27-15-9-25-18-16(10-26-17(15)18)28-14-7-3-12(4-8-14)20(22)24/h1-8,15-18H,9-10H2/t15-,16+,17-,18-/m1/s1. The van der Waals surface area contributed by atoms with Gasteiger partial charge in [0, 0.05) is 11.1 Å². The van der Waals surface area contributed by atoms with E-state index in [1.54, 1.807) is 48.5 Å². The highest BCUT2D eigenvalue weighted by molar-refractivity contribution is 6.68. The van der Waals surface area contributed by atoms with Gasteiger partial charge in [-0.3, -0.25) is 9.59 Å². The summed E-state index contributed by atoms with van der Waals surface area (Å²) in [5.41, 5.74) is 0.809. The zero-order valence-electron chi connectivity index (χ0n) is 14.5. The van der Waals surface area contributed by atoms with Gasteiger partial charge in [0.2, 0.25) is 0 Å². The molecular weight excluding hydrogens is 407 g/mol. The van der Waals surface area contributed by atoms with Crippen molar-refractivity contribution in [2.45, 2.75) is 24.4 Å². The van der Waals surface area contributed by atoms with Crippen molar-refractivity contribution in [2.75, 3.05) is 13.2 Å². The van der Waals surface area contributed by atoms with Gasteiger partial charge in [0.05, 0.1) is 13.2 Å². The van der Waals surface area contributed by atoms with Crippen LogP contribution in [0.25, 0.3) is 0 Å². The monoisotopic (exact) mass is 422 g/mol. The lowest BCUT2D eigenvalue weighted by atomic mass is 10.1. The van der Waals surface area contributed by atoms with Crippen LogP contribution >= 0.6 is 23.2 Å². The van der Waals surface area contributed by atoms with Crippen LogP contribution in [-0.4, -0.2) is 48.1 Å². The molecule has 0 bridgehead atoms. The van der Waals surface area contributed by atoms with Crippen LogP contribution in [0.1, 0.15) is 20.7 Å². The van der Waals surface area contributed by atoms with Gasteiger partial charge >= 0.3 is 0 Å². The van der Waals surface area contributed by atoms with Crippen molar-refractivity contribution >= 4 is 33.7 Å². The van der Waals surface area contributed by atoms with Gasteiger partial charge in [0.15, 0.2) is 12.2 Å². The van der Waals surface area contributed by atoms with Gasteiger partial charge in [-0.1, -0.05) is 0 Å². The number of rotatable bonds is 6. The lowest BCUT2D eigenvalue weighted by Crippen LogP contribution is -2.36. The Labute approximate surface area is 171 Å². The molecule has 0 N–H and O–H groups in total. The van der Waals surface area contributed by atoms with Crippen LogP contribution in [-0.2, 0) is 9.47 Å². The van der Waals surface area contributed by atoms with Gasteiger partial charge in [-0.15, -0.1) is 0 Å². The Morgan fingerprint density at radius 3 is 1.39 bits per heavy atom. The minimum absolute atomic E-state index is 0.261. The molecule has 2 aliphatic rings. The molecule has 0 spiro atoms. The molecule has 146 valence electrons. The summed E-state index contributed by atoms with van der Waals surface area (Å²) in [4.78, 5) is 22.3. The number of carbonyl (C=O) groups is 2. The summed E-state index contributed by atoms with van der Waals surface area (Å²) >= 11 is 10.9. The molecule has 28 heavy (non-hydrogen) atoms. The van der Waals surface area contributed by atoms with Crippen molar-refractivity contribution in [1.29, 1.82) is 0 Å². The molecule has 4 atom stereocenters. The largest absolute Gasteiger partial charge is 0.485 e. The van der Waals surface area contributed by atoms with Crippen molar-refractivity contribution in [3.63, 3.8) is 0 Å². The van der Waals surface area contributed by atoms with Crippen LogP contribution in [0.5, 0.6) is 11.5 Å². The Hall–Kier alpha value is -2.12. The highest BCUT2D eigenvalue weighted by Gasteiger charge is 2.50. The van der Waals surface area contributed by atoms with E-state index in [1.165, 1.54) is 0 Å². The number of benzene rings is 2. The zero-order chi connectivity index (χ0) is 19.7. The Balaban J connectivity index is 1.37. The number of fused-ring (bicyclic) bond motifs is 1. The SMILES string of the molecule is O=C(Cl)c1ccc(O[C@H]2CO[C@H]3[C@@H]2OC[C@H]3Oc2ccc(C(=O)Cl)cc2)cc1. The first-order valence-electron chi connectivity index (χ1n) is 8.67. The fourth-order valence-electron chi connectivity index (χ4n) is 3.31. The number of ether oxygens (including phenoxy) is 4. The molecule has 0 unspecified atom stereocenters. The molecule has 0 aliphatic carbocycles. The van der Waals surface area contributed by atoms with Crippen molar-refractivity contribution in [3.8, 4) is 11.5 Å². The van der Waals surface area contributed by atoms with Gasteiger partial charge in [-0.2, -0.15) is 0 Å². The van der Waals surface area contributed by atoms with Crippen molar-refractivity contribution in [2.24, 2.45) is 0 Å². The van der Waals surface area contributed by atoms with Crippen molar-refractivity contribution < 1.29 is 28.5 Å². The Morgan fingerprint density at radius 1 is 0.714 bits per heavy atom. The summed E-state index contributed by atoms with van der Waals surface area (Å²) in [5, 5.41) is -1.03. The molecule has 0 radical (unpaired) electrons. The van der Waals surface area contributed by atoms with Gasteiger partial charge < -0.3 is 18.9 Å². The average Bonchev–Trinajstić information content (AvgIpc) is 3.26. The lowest BCUT2D eigenvalue weighted by molar-refractivity contribution is 0.0181. The molecule has 0 aromatic heterocycles. The number of hydrogen-bond acceptors (Lipinski definition) is 6. The third-order valence-corrected chi connectivity index (χ3v) is 5.14. The average molecular weight is 423 g/mol. The third-order valence-electron chi connectivity index (χ3n) is 4.70. The Bertz CT molecular complexity index is 794. The van der Waals surface area contributed by atoms with Crippen LogP contribution in [0.2, 0.25) is 0 Å². The third kappa shape index (κ3) is 4.00. The highest BCUT2D eigenvalue weighted by Crippen LogP contribution is 2.32. The second kappa shape index (κ2) is 8.09. The van der Waals surface area contributed by atoms with Gasteiger partial charge in [-0.05, 0) is 71.7 Å². The first-order valence-corrected chi connectivity index (χ1v) is 9.43. The lowest BCUT2D eigenvalue weighted by Gasteiger charge is -2.18. The van der Waals surface area contributed by atoms with Crippen LogP contribution in [0.3, 0.4) is 0 Å². The van der Waals surface area contributed by atoms with E-state index < -0.39 is 10.5 Å². The predicted octanol–water partition coefficient (Wildman–Crippen LogP) is 3.44. The minimum atomic E-state index is -0.515. The molecule has 4 rings (SSSR count). The molecule has 2 saturated heterocycles. The molecule has 6 nitrogen and oxygen atoms in total. The molecule has 2 heterocycles. The molecule has 2 fully saturated rings. The fraction of sp³-hybridized carbons (Fsp3) is 0.300. The fourth-order valence-corrected chi connectivity index (χ4v) is 3.56. The smallest absolute Gasteiger partial charge is 0.252 e. The van der Waals surface area contributed by atoms with Gasteiger partial charge in [0.1, 0.15) is 23.7 Å². The Morgan fingerprint density at radius 2 is 1.07 bits per heavy atom. The van der Waals surface area contributed by atoms with Gasteiger partial charge in [-0.25, -0.2) is 0 Å². The maximum absolute atomic E-state index is 11.1. The summed E-state index contributed by atoms with van der Waals surface area (Å²) in [6.07, 6.45) is -1.09. The molecule has 2 aliphatic heterocycles. The van der Waals surface area contributed by atoms with Crippen LogP contribution in [0, 0.1) is 0 Å². The number of halogens is 2. The first-order chi connectivity index (χ1) is 13.5. The zero-order valence-corrected chi connectivity index (χ0v) is 16.1. The summed E-state index contributed by atoms with van der Waals surface area (Å²) < 4.78 is 23.6. The normalized spacial score (nSPS) is 25.9. The highest BCUT2D eigenvalue weighted by atomic mass is 35.5. The second-order valence-corrected chi connectivity index (χ2v) is 7.19. The van der Waals surface area contributed by atoms with E-state index in [9.17, 15) is 9.59 Å². The maximum Gasteiger partial charge on any atom is 0.252 e. The quantitative estimate of drug-likeness (QED) is 0.664. The molecule has 2 aromatic rings. The Kier molecular flexibility index (Phi) is 5.55. The maximum atomic E-state index is 11.1. The van der Waals surface area contributed by atoms with E-state index in [4.69, 9.17) is 42.1 Å². The predicted molar refractivity (Wildman–Crippen MR) is 102 cm³/mol.